The number of nitrogens with one attached hydrogen (secondary N) is 1. The van der Waals surface area contributed by atoms with Gasteiger partial charge in [-0.25, -0.2) is 0 Å². The first-order valence-electron chi connectivity index (χ1n) is 8.92. The van der Waals surface area contributed by atoms with Gasteiger partial charge in [0, 0.05) is 35.5 Å². The van der Waals surface area contributed by atoms with E-state index in [1.165, 1.54) is 5.69 Å². The van der Waals surface area contributed by atoms with E-state index in [0.29, 0.717) is 11.8 Å². The minimum Gasteiger partial charge on any atom is -0.372 e. The lowest BCUT2D eigenvalue weighted by Gasteiger charge is -2.21. The molecule has 0 bridgehead atoms. The lowest BCUT2D eigenvalue weighted by atomic mass is 10.1. The fraction of sp³-hybridized carbons (Fsp3) is 0.381. The largest absolute Gasteiger partial charge is 0.372 e. The van der Waals surface area contributed by atoms with Crippen LogP contribution in [0.2, 0.25) is 0 Å². The van der Waals surface area contributed by atoms with Gasteiger partial charge in [0.05, 0.1) is 5.56 Å². The van der Waals surface area contributed by atoms with E-state index in [1.807, 2.05) is 24.3 Å². The zero-order valence-electron chi connectivity index (χ0n) is 15.6. The van der Waals surface area contributed by atoms with Gasteiger partial charge in [0.25, 0.3) is 5.91 Å². The molecule has 2 aromatic carbocycles. The molecule has 134 valence electrons. The predicted molar refractivity (Wildman–Crippen MR) is 109 cm³/mol. The molecular weight excluding hydrogens is 328 g/mol. The molecule has 0 aliphatic rings. The summed E-state index contributed by atoms with van der Waals surface area (Å²) in [7, 11) is 0. The van der Waals surface area contributed by atoms with Crippen LogP contribution >= 0.6 is 11.8 Å². The molecule has 1 amide bonds. The Morgan fingerprint density at radius 2 is 1.68 bits per heavy atom. The van der Waals surface area contributed by atoms with E-state index in [1.54, 1.807) is 11.8 Å². The van der Waals surface area contributed by atoms with Crippen molar-refractivity contribution in [3.05, 3.63) is 59.7 Å². The summed E-state index contributed by atoms with van der Waals surface area (Å²) in [6.45, 7) is 11.1. The molecule has 2 rings (SSSR count). The van der Waals surface area contributed by atoms with Gasteiger partial charge in [-0.15, -0.1) is 11.8 Å². The number of amides is 1. The first-order chi connectivity index (χ1) is 12.0. The Kier molecular flexibility index (Phi) is 7.38. The molecular formula is C21H28N2OS. The molecule has 0 atom stereocenters. The van der Waals surface area contributed by atoms with E-state index >= 15 is 0 Å². The number of thioether (sulfide) groups is 1. The second-order valence-electron chi connectivity index (χ2n) is 6.18. The molecule has 1 N–H and O–H groups in total. The van der Waals surface area contributed by atoms with Crippen molar-refractivity contribution in [2.75, 3.05) is 18.0 Å². The average Bonchev–Trinajstić information content (AvgIpc) is 2.62. The minimum atomic E-state index is -0.0171. The summed E-state index contributed by atoms with van der Waals surface area (Å²) in [5.41, 5.74) is 3.08. The van der Waals surface area contributed by atoms with Crippen molar-refractivity contribution < 1.29 is 4.79 Å². The summed E-state index contributed by atoms with van der Waals surface area (Å²) in [4.78, 5) is 15.9. The zero-order chi connectivity index (χ0) is 18.2. The number of hydrogen-bond acceptors (Lipinski definition) is 3. The van der Waals surface area contributed by atoms with Crippen molar-refractivity contribution in [2.24, 2.45) is 0 Å². The third-order valence-electron chi connectivity index (χ3n) is 4.01. The lowest BCUT2D eigenvalue weighted by Crippen LogP contribution is -2.24. The Bertz CT molecular complexity index is 679. The molecule has 0 aliphatic carbocycles. The average molecular weight is 357 g/mol. The molecule has 0 aliphatic heterocycles. The normalized spacial score (nSPS) is 10.8. The van der Waals surface area contributed by atoms with Crippen LogP contribution in [0.4, 0.5) is 5.69 Å². The Labute approximate surface area is 155 Å². The van der Waals surface area contributed by atoms with Gasteiger partial charge in [0.1, 0.15) is 0 Å². The Balaban J connectivity index is 2.01. The lowest BCUT2D eigenvalue weighted by molar-refractivity contribution is 0.0948. The molecule has 0 fully saturated rings. The predicted octanol–water partition coefficient (Wildman–Crippen LogP) is 4.96. The quantitative estimate of drug-likeness (QED) is 0.678. The topological polar surface area (TPSA) is 32.3 Å². The van der Waals surface area contributed by atoms with Crippen molar-refractivity contribution in [3.63, 3.8) is 0 Å². The van der Waals surface area contributed by atoms with E-state index in [4.69, 9.17) is 0 Å². The monoisotopic (exact) mass is 356 g/mol. The highest BCUT2D eigenvalue weighted by molar-refractivity contribution is 8.00. The molecule has 0 spiro atoms. The number of benzene rings is 2. The van der Waals surface area contributed by atoms with E-state index < -0.39 is 0 Å². The molecule has 0 saturated carbocycles. The zero-order valence-corrected chi connectivity index (χ0v) is 16.4. The molecule has 25 heavy (non-hydrogen) atoms. The van der Waals surface area contributed by atoms with Gasteiger partial charge in [-0.3, -0.25) is 4.79 Å². The summed E-state index contributed by atoms with van der Waals surface area (Å²) in [5.74, 6) is -0.0171. The fourth-order valence-corrected chi connectivity index (χ4v) is 3.65. The van der Waals surface area contributed by atoms with Crippen LogP contribution in [0.3, 0.4) is 0 Å². The number of nitrogens with zero attached hydrogens (tertiary/aromatic N) is 1. The maximum Gasteiger partial charge on any atom is 0.252 e. The molecule has 0 heterocycles. The number of anilines is 1. The van der Waals surface area contributed by atoms with Gasteiger partial charge >= 0.3 is 0 Å². The van der Waals surface area contributed by atoms with Gasteiger partial charge in [-0.2, -0.15) is 0 Å². The van der Waals surface area contributed by atoms with Crippen molar-refractivity contribution >= 4 is 23.4 Å². The minimum absolute atomic E-state index is 0.0171. The van der Waals surface area contributed by atoms with E-state index in [2.05, 4.69) is 62.2 Å². The van der Waals surface area contributed by atoms with Crippen LogP contribution in [-0.2, 0) is 6.54 Å². The van der Waals surface area contributed by atoms with Gasteiger partial charge < -0.3 is 10.2 Å². The summed E-state index contributed by atoms with van der Waals surface area (Å²) in [5, 5.41) is 3.49. The van der Waals surface area contributed by atoms with Gasteiger partial charge in [-0.1, -0.05) is 38.1 Å². The van der Waals surface area contributed by atoms with Crippen LogP contribution < -0.4 is 10.2 Å². The molecule has 3 nitrogen and oxygen atoms in total. The van der Waals surface area contributed by atoms with Crippen molar-refractivity contribution in [2.45, 2.75) is 44.4 Å². The number of carbonyl (C=O) groups excluding carboxylic acids is 1. The molecule has 0 unspecified atom stereocenters. The molecule has 0 aromatic heterocycles. The second kappa shape index (κ2) is 9.52. The smallest absolute Gasteiger partial charge is 0.252 e. The van der Waals surface area contributed by atoms with E-state index in [9.17, 15) is 4.79 Å². The molecule has 4 heteroatoms. The summed E-state index contributed by atoms with van der Waals surface area (Å²) >= 11 is 1.72. The maximum absolute atomic E-state index is 12.6. The highest BCUT2D eigenvalue weighted by atomic mass is 32.2. The maximum atomic E-state index is 12.6. The first kappa shape index (κ1) is 19.4. The second-order valence-corrected chi connectivity index (χ2v) is 7.80. The Morgan fingerprint density at radius 1 is 1.04 bits per heavy atom. The highest BCUT2D eigenvalue weighted by Gasteiger charge is 2.12. The van der Waals surface area contributed by atoms with Crippen molar-refractivity contribution in [1.29, 1.82) is 0 Å². The summed E-state index contributed by atoms with van der Waals surface area (Å²) in [6, 6.07) is 16.2. The number of hydrogen-bond donors (Lipinski definition) is 1. The summed E-state index contributed by atoms with van der Waals surface area (Å²) < 4.78 is 0. The van der Waals surface area contributed by atoms with E-state index in [-0.39, 0.29) is 5.91 Å². The van der Waals surface area contributed by atoms with Crippen molar-refractivity contribution in [3.8, 4) is 0 Å². The van der Waals surface area contributed by atoms with Gasteiger partial charge in [0.15, 0.2) is 0 Å². The SMILES string of the molecule is CCN(CC)c1ccc(CNC(=O)c2ccccc2SC(C)C)cc1. The fourth-order valence-electron chi connectivity index (χ4n) is 2.70. The number of carbonyl (C=O) groups is 1. The van der Waals surface area contributed by atoms with E-state index in [0.717, 1.165) is 29.1 Å². The highest BCUT2D eigenvalue weighted by Crippen LogP contribution is 2.26. The summed E-state index contributed by atoms with van der Waals surface area (Å²) in [6.07, 6.45) is 0. The van der Waals surface area contributed by atoms with Gasteiger partial charge in [-0.05, 0) is 43.7 Å². The third-order valence-corrected chi connectivity index (χ3v) is 5.09. The van der Waals surface area contributed by atoms with Gasteiger partial charge in [0.2, 0.25) is 0 Å². The van der Waals surface area contributed by atoms with Crippen molar-refractivity contribution in [1.82, 2.24) is 5.32 Å². The Hall–Kier alpha value is -1.94. The van der Waals surface area contributed by atoms with Crippen LogP contribution in [-0.4, -0.2) is 24.2 Å². The number of rotatable bonds is 8. The van der Waals surface area contributed by atoms with Crippen LogP contribution in [0.15, 0.2) is 53.4 Å². The first-order valence-corrected chi connectivity index (χ1v) is 9.80. The standard InChI is InChI=1S/C21H28N2OS/c1-5-23(6-2)18-13-11-17(12-14-18)15-22-21(24)19-9-7-8-10-20(19)25-16(3)4/h7-14,16H,5-6,15H2,1-4H3,(H,22,24). The van der Waals surface area contributed by atoms with Crippen LogP contribution in [0, 0.1) is 0 Å². The molecule has 2 aromatic rings. The van der Waals surface area contributed by atoms with Crippen LogP contribution in [0.5, 0.6) is 0 Å². The third kappa shape index (κ3) is 5.53. The van der Waals surface area contributed by atoms with Crippen LogP contribution in [0.1, 0.15) is 43.6 Å². The Morgan fingerprint density at radius 3 is 2.28 bits per heavy atom. The molecule has 0 radical (unpaired) electrons. The molecule has 0 saturated heterocycles. The van der Waals surface area contributed by atoms with Crippen LogP contribution in [0.25, 0.3) is 0 Å².